The molecule has 0 unspecified atom stereocenters. The second-order valence-corrected chi connectivity index (χ2v) is 13.8. The average molecular weight is 617 g/mol. The van der Waals surface area contributed by atoms with Gasteiger partial charge >= 0.3 is 6.09 Å². The first-order valence-electron chi connectivity index (χ1n) is 15.8. The molecule has 1 N–H and O–H groups in total. The summed E-state index contributed by atoms with van der Waals surface area (Å²) >= 11 is 6.59. The minimum absolute atomic E-state index is 0.0863. The lowest BCUT2D eigenvalue weighted by Crippen LogP contribution is -2.48. The third-order valence-electron chi connectivity index (χ3n) is 9.16. The molecule has 6 rings (SSSR count). The van der Waals surface area contributed by atoms with Crippen LogP contribution in [-0.4, -0.2) is 57.1 Å². The van der Waals surface area contributed by atoms with Crippen molar-refractivity contribution in [2.24, 2.45) is 5.41 Å². The second kappa shape index (κ2) is 12.3. The van der Waals surface area contributed by atoms with Gasteiger partial charge in [0.15, 0.2) is 0 Å². The van der Waals surface area contributed by atoms with Gasteiger partial charge in [0, 0.05) is 25.2 Å². The molecular formula is C34H41ClN6O3. The van der Waals surface area contributed by atoms with Gasteiger partial charge in [0.1, 0.15) is 5.60 Å². The van der Waals surface area contributed by atoms with Crippen molar-refractivity contribution in [3.8, 4) is 11.3 Å². The molecule has 0 bridgehead atoms. The van der Waals surface area contributed by atoms with E-state index < -0.39 is 11.0 Å². The molecule has 1 spiro atoms. The number of ether oxygens (including phenoxy) is 1. The average Bonchev–Trinajstić information content (AvgIpc) is 3.33. The van der Waals surface area contributed by atoms with Crippen molar-refractivity contribution >= 4 is 40.9 Å². The summed E-state index contributed by atoms with van der Waals surface area (Å²) in [5.74, 6) is 1.08. The molecule has 1 saturated carbocycles. The molecule has 3 aliphatic rings. The maximum absolute atomic E-state index is 13.7. The number of rotatable bonds is 5. The number of anilines is 3. The molecule has 1 aromatic carbocycles. The zero-order valence-corrected chi connectivity index (χ0v) is 26.6. The maximum atomic E-state index is 13.7. The van der Waals surface area contributed by atoms with Gasteiger partial charge in [-0.15, -0.1) is 0 Å². The normalized spacial score (nSPS) is 19.0. The minimum atomic E-state index is -0.545. The number of nitrogens with one attached hydrogen (secondary N) is 1. The number of piperidine rings is 1. The van der Waals surface area contributed by atoms with Gasteiger partial charge in [0.2, 0.25) is 11.9 Å². The number of pyridine rings is 1. The third-order valence-corrected chi connectivity index (χ3v) is 9.43. The van der Waals surface area contributed by atoms with Gasteiger partial charge in [-0.3, -0.25) is 9.78 Å². The van der Waals surface area contributed by atoms with Crippen molar-refractivity contribution in [2.75, 3.05) is 29.9 Å². The Labute approximate surface area is 264 Å². The Morgan fingerprint density at radius 3 is 2.52 bits per heavy atom. The highest BCUT2D eigenvalue weighted by atomic mass is 35.5. The van der Waals surface area contributed by atoms with E-state index in [1.54, 1.807) is 23.5 Å². The van der Waals surface area contributed by atoms with Crippen molar-refractivity contribution in [3.63, 3.8) is 0 Å². The van der Waals surface area contributed by atoms with Crippen molar-refractivity contribution in [1.29, 1.82) is 0 Å². The quantitative estimate of drug-likeness (QED) is 0.313. The first-order valence-corrected chi connectivity index (χ1v) is 16.1. The van der Waals surface area contributed by atoms with Gasteiger partial charge in [-0.1, -0.05) is 49.1 Å². The van der Waals surface area contributed by atoms with E-state index in [0.29, 0.717) is 60.7 Å². The minimum Gasteiger partial charge on any atom is -0.444 e. The summed E-state index contributed by atoms with van der Waals surface area (Å²) in [5.41, 5.74) is 3.38. The first kappa shape index (κ1) is 30.3. The molecule has 2 aliphatic heterocycles. The zero-order chi connectivity index (χ0) is 30.9. The number of carbonyl (C=O) groups excluding carboxylic acids is 2. The monoisotopic (exact) mass is 616 g/mol. The van der Waals surface area contributed by atoms with Crippen LogP contribution in [0.3, 0.4) is 0 Å². The Morgan fingerprint density at radius 2 is 1.77 bits per heavy atom. The van der Waals surface area contributed by atoms with Crippen molar-refractivity contribution < 1.29 is 14.3 Å². The number of carbonyl (C=O) groups is 2. The molecule has 44 heavy (non-hydrogen) atoms. The third kappa shape index (κ3) is 6.53. The molecule has 4 heterocycles. The van der Waals surface area contributed by atoms with Gasteiger partial charge in [0.05, 0.1) is 46.1 Å². The lowest BCUT2D eigenvalue weighted by Gasteiger charge is -2.38. The number of aromatic nitrogens is 3. The summed E-state index contributed by atoms with van der Waals surface area (Å²) in [5, 5.41) is 3.76. The number of likely N-dealkylation sites (tertiary alicyclic amines) is 1. The molecule has 2 saturated heterocycles. The van der Waals surface area contributed by atoms with Gasteiger partial charge in [-0.05, 0) is 76.5 Å². The lowest BCUT2D eigenvalue weighted by molar-refractivity contribution is -0.128. The molecule has 3 aromatic rings. The summed E-state index contributed by atoms with van der Waals surface area (Å²) < 4.78 is 5.54. The fourth-order valence-electron chi connectivity index (χ4n) is 6.75. The van der Waals surface area contributed by atoms with Crippen LogP contribution in [0, 0.1) is 5.41 Å². The molecule has 10 heteroatoms. The fraction of sp³-hybridized carbons (Fsp3) is 0.500. The van der Waals surface area contributed by atoms with Crippen LogP contribution in [0.2, 0.25) is 5.02 Å². The van der Waals surface area contributed by atoms with Gasteiger partial charge in [-0.2, -0.15) is 0 Å². The van der Waals surface area contributed by atoms with E-state index in [2.05, 4.69) is 33.5 Å². The topological polar surface area (TPSA) is 101 Å². The highest BCUT2D eigenvalue weighted by Gasteiger charge is 2.49. The first-order chi connectivity index (χ1) is 21.1. The Balaban J connectivity index is 1.14. The smallest absolute Gasteiger partial charge is 0.410 e. The predicted octanol–water partition coefficient (Wildman–Crippen LogP) is 7.74. The Morgan fingerprint density at radius 1 is 1.02 bits per heavy atom. The van der Waals surface area contributed by atoms with Crippen LogP contribution < -0.4 is 10.2 Å². The Kier molecular flexibility index (Phi) is 8.51. The summed E-state index contributed by atoms with van der Waals surface area (Å²) in [4.78, 5) is 43.4. The van der Waals surface area contributed by atoms with E-state index in [-0.39, 0.29) is 12.0 Å². The summed E-state index contributed by atoms with van der Waals surface area (Å²) in [7, 11) is 0. The van der Waals surface area contributed by atoms with E-state index in [0.717, 1.165) is 17.7 Å². The van der Waals surface area contributed by atoms with Crippen LogP contribution in [0.25, 0.3) is 11.3 Å². The number of hydrogen-bond acceptors (Lipinski definition) is 7. The number of amides is 2. The SMILES string of the molecule is CC(C)(C)OC(=O)N1CCC2(CC1)CCN(c1cncc(Nc3ncc(Cl)c(-c4cccc(C5CCCCC5)c4)n3)c1)C2=O. The molecular weight excluding hydrogens is 576 g/mol. The number of hydrogen-bond donors (Lipinski definition) is 1. The standard InChI is InChI=1S/C34H41ClN6O3/c1-33(2,3)44-32(43)40-15-12-34(13-16-40)14-17-41(30(34)42)27-19-26(20-36-21-27)38-31-37-22-28(35)29(39-31)25-11-7-10-24(18-25)23-8-5-4-6-9-23/h7,10-11,18-23H,4-6,8-9,12-17H2,1-3H3,(H,37,38,39). The predicted molar refractivity (Wildman–Crippen MR) is 172 cm³/mol. The van der Waals surface area contributed by atoms with Crippen molar-refractivity contribution in [3.05, 3.63) is 59.5 Å². The number of halogens is 1. The van der Waals surface area contributed by atoms with Crippen LogP contribution in [-0.2, 0) is 9.53 Å². The zero-order valence-electron chi connectivity index (χ0n) is 25.8. The molecule has 9 nitrogen and oxygen atoms in total. The van der Waals surface area contributed by atoms with E-state index in [1.807, 2.05) is 37.8 Å². The number of nitrogens with zero attached hydrogens (tertiary/aromatic N) is 5. The maximum Gasteiger partial charge on any atom is 0.410 e. The van der Waals surface area contributed by atoms with Crippen molar-refractivity contribution in [1.82, 2.24) is 19.9 Å². The van der Waals surface area contributed by atoms with Crippen LogP contribution in [0.15, 0.2) is 48.9 Å². The molecule has 3 fully saturated rings. The van der Waals surface area contributed by atoms with E-state index in [9.17, 15) is 9.59 Å². The van der Waals surface area contributed by atoms with Gasteiger partial charge < -0.3 is 19.9 Å². The van der Waals surface area contributed by atoms with Crippen LogP contribution >= 0.6 is 11.6 Å². The van der Waals surface area contributed by atoms with Crippen LogP contribution in [0.5, 0.6) is 0 Å². The molecule has 0 atom stereocenters. The highest BCUT2D eigenvalue weighted by Crippen LogP contribution is 2.43. The van der Waals surface area contributed by atoms with E-state index >= 15 is 0 Å². The van der Waals surface area contributed by atoms with E-state index in [4.69, 9.17) is 21.3 Å². The van der Waals surface area contributed by atoms with Gasteiger partial charge in [0.25, 0.3) is 0 Å². The molecule has 2 amide bonds. The fourth-order valence-corrected chi connectivity index (χ4v) is 6.95. The van der Waals surface area contributed by atoms with Gasteiger partial charge in [-0.25, -0.2) is 14.8 Å². The summed E-state index contributed by atoms with van der Waals surface area (Å²) in [6.45, 7) is 7.21. The molecule has 0 radical (unpaired) electrons. The largest absolute Gasteiger partial charge is 0.444 e. The Hall–Kier alpha value is -3.72. The van der Waals surface area contributed by atoms with Crippen LogP contribution in [0.1, 0.15) is 83.6 Å². The van der Waals surface area contributed by atoms with E-state index in [1.165, 1.54) is 37.7 Å². The van der Waals surface area contributed by atoms with Crippen molar-refractivity contribution in [2.45, 2.75) is 83.7 Å². The summed E-state index contributed by atoms with van der Waals surface area (Å²) in [6, 6.07) is 10.4. The summed E-state index contributed by atoms with van der Waals surface area (Å²) in [6.07, 6.45) is 13.0. The Bertz CT molecular complexity index is 1530. The van der Waals surface area contributed by atoms with Crippen LogP contribution in [0.4, 0.5) is 22.1 Å². The molecule has 232 valence electrons. The molecule has 1 aliphatic carbocycles. The molecule has 2 aromatic heterocycles. The second-order valence-electron chi connectivity index (χ2n) is 13.4. The highest BCUT2D eigenvalue weighted by molar-refractivity contribution is 6.32. The number of benzene rings is 1. The lowest BCUT2D eigenvalue weighted by atomic mass is 9.77.